The van der Waals surface area contributed by atoms with Gasteiger partial charge in [-0.3, -0.25) is 10.2 Å². The van der Waals surface area contributed by atoms with Crippen LogP contribution in [0.2, 0.25) is 0 Å². The van der Waals surface area contributed by atoms with Gasteiger partial charge in [-0.05, 0) is 36.8 Å². The van der Waals surface area contributed by atoms with Gasteiger partial charge in [-0.2, -0.15) is 10.2 Å². The van der Waals surface area contributed by atoms with Crippen molar-refractivity contribution >= 4 is 11.9 Å². The van der Waals surface area contributed by atoms with Crippen LogP contribution in [-0.4, -0.2) is 58.8 Å². The predicted octanol–water partition coefficient (Wildman–Crippen LogP) is 2.56. The molecule has 0 aliphatic heterocycles. The second kappa shape index (κ2) is 11.4. The molecule has 0 saturated carbocycles. The predicted molar refractivity (Wildman–Crippen MR) is 106 cm³/mol. The minimum absolute atomic E-state index is 0.0943. The van der Waals surface area contributed by atoms with Crippen molar-refractivity contribution in [2.45, 2.75) is 40.5 Å². The molecule has 0 aromatic carbocycles. The number of esters is 2. The Bertz CT molecular complexity index is 717. The van der Waals surface area contributed by atoms with Crippen LogP contribution >= 0.6 is 0 Å². The molecule has 9 nitrogen and oxygen atoms in total. The molecule has 160 valence electrons. The van der Waals surface area contributed by atoms with E-state index < -0.39 is 11.9 Å². The molecule has 0 bridgehead atoms. The van der Waals surface area contributed by atoms with Gasteiger partial charge in [0.05, 0.1) is 13.2 Å². The second-order valence-corrected chi connectivity index (χ2v) is 7.64. The first-order valence-electron chi connectivity index (χ1n) is 9.85. The molecule has 9 heteroatoms. The van der Waals surface area contributed by atoms with Gasteiger partial charge in [-0.1, -0.05) is 27.7 Å². The van der Waals surface area contributed by atoms with E-state index in [9.17, 15) is 9.59 Å². The second-order valence-electron chi connectivity index (χ2n) is 7.64. The fourth-order valence-corrected chi connectivity index (χ4v) is 2.66. The quantitative estimate of drug-likeness (QED) is 0.411. The first-order valence-corrected chi connectivity index (χ1v) is 9.85. The highest BCUT2D eigenvalue weighted by molar-refractivity contribution is 5.87. The van der Waals surface area contributed by atoms with E-state index in [0.29, 0.717) is 11.8 Å². The third-order valence-corrected chi connectivity index (χ3v) is 3.86. The van der Waals surface area contributed by atoms with E-state index in [2.05, 4.69) is 48.1 Å². The van der Waals surface area contributed by atoms with E-state index in [-0.39, 0.29) is 37.8 Å². The SMILES string of the molecule is CC(C)Cc1cc(C(=O)OCCOCCOC(=O)c2cc(CC(C)C)[nH]n2)n[nH]1. The zero-order chi connectivity index (χ0) is 21.2. The molecule has 2 rings (SSSR count). The molecule has 2 N–H and O–H groups in total. The first kappa shape index (κ1) is 22.6. The van der Waals surface area contributed by atoms with Gasteiger partial charge in [0.2, 0.25) is 0 Å². The number of aromatic nitrogens is 4. The summed E-state index contributed by atoms with van der Waals surface area (Å²) in [5, 5.41) is 13.6. The summed E-state index contributed by atoms with van der Waals surface area (Å²) in [6.45, 7) is 8.95. The van der Waals surface area contributed by atoms with Crippen molar-refractivity contribution in [3.63, 3.8) is 0 Å². The number of nitrogens with zero attached hydrogens (tertiary/aromatic N) is 2. The van der Waals surface area contributed by atoms with Crippen LogP contribution in [0.3, 0.4) is 0 Å². The Balaban J connectivity index is 1.56. The number of H-pyrrole nitrogens is 2. The molecule has 0 radical (unpaired) electrons. The molecule has 0 unspecified atom stereocenters. The molecule has 0 amide bonds. The monoisotopic (exact) mass is 406 g/mol. The molecule has 0 saturated heterocycles. The molecule has 0 spiro atoms. The topological polar surface area (TPSA) is 119 Å². The van der Waals surface area contributed by atoms with Gasteiger partial charge in [-0.25, -0.2) is 9.59 Å². The van der Waals surface area contributed by atoms with E-state index in [1.54, 1.807) is 12.1 Å². The van der Waals surface area contributed by atoms with Gasteiger partial charge >= 0.3 is 11.9 Å². The number of hydrogen-bond donors (Lipinski definition) is 2. The van der Waals surface area contributed by atoms with Crippen molar-refractivity contribution in [2.24, 2.45) is 11.8 Å². The Morgan fingerprint density at radius 2 is 1.21 bits per heavy atom. The number of hydrogen-bond acceptors (Lipinski definition) is 7. The summed E-state index contributed by atoms with van der Waals surface area (Å²) in [6.07, 6.45) is 1.64. The lowest BCUT2D eigenvalue weighted by Crippen LogP contribution is -2.15. The summed E-state index contributed by atoms with van der Waals surface area (Å²) < 4.78 is 15.5. The number of aromatic amines is 2. The van der Waals surface area contributed by atoms with Crippen molar-refractivity contribution in [1.82, 2.24) is 20.4 Å². The van der Waals surface area contributed by atoms with Crippen molar-refractivity contribution < 1.29 is 23.8 Å². The molecule has 2 aromatic rings. The van der Waals surface area contributed by atoms with Crippen LogP contribution in [0.4, 0.5) is 0 Å². The van der Waals surface area contributed by atoms with Gasteiger partial charge in [0.1, 0.15) is 13.2 Å². The number of ether oxygens (including phenoxy) is 3. The van der Waals surface area contributed by atoms with Gasteiger partial charge in [0.25, 0.3) is 0 Å². The number of rotatable bonds is 12. The Hall–Kier alpha value is -2.68. The van der Waals surface area contributed by atoms with Gasteiger partial charge in [-0.15, -0.1) is 0 Å². The zero-order valence-electron chi connectivity index (χ0n) is 17.5. The van der Waals surface area contributed by atoms with Crippen LogP contribution < -0.4 is 0 Å². The van der Waals surface area contributed by atoms with E-state index in [1.165, 1.54) is 0 Å². The average Bonchev–Trinajstić information content (AvgIpc) is 3.29. The van der Waals surface area contributed by atoms with Crippen molar-refractivity contribution in [1.29, 1.82) is 0 Å². The van der Waals surface area contributed by atoms with Crippen molar-refractivity contribution in [2.75, 3.05) is 26.4 Å². The Labute approximate surface area is 170 Å². The van der Waals surface area contributed by atoms with Crippen LogP contribution in [0.15, 0.2) is 12.1 Å². The molecular weight excluding hydrogens is 376 g/mol. The fraction of sp³-hybridized carbons (Fsp3) is 0.600. The third-order valence-electron chi connectivity index (χ3n) is 3.86. The lowest BCUT2D eigenvalue weighted by Gasteiger charge is -2.05. The molecule has 0 aliphatic carbocycles. The fourth-order valence-electron chi connectivity index (χ4n) is 2.66. The Kier molecular flexibility index (Phi) is 8.85. The van der Waals surface area contributed by atoms with Gasteiger partial charge in [0.15, 0.2) is 11.4 Å². The van der Waals surface area contributed by atoms with Crippen LogP contribution in [-0.2, 0) is 27.1 Å². The molecule has 2 heterocycles. The minimum atomic E-state index is -0.498. The maximum atomic E-state index is 11.9. The Morgan fingerprint density at radius 3 is 1.59 bits per heavy atom. The maximum absolute atomic E-state index is 11.9. The zero-order valence-corrected chi connectivity index (χ0v) is 17.5. The van der Waals surface area contributed by atoms with E-state index in [4.69, 9.17) is 14.2 Å². The van der Waals surface area contributed by atoms with Crippen LogP contribution in [0.25, 0.3) is 0 Å². The van der Waals surface area contributed by atoms with Gasteiger partial charge in [0, 0.05) is 11.4 Å². The highest BCUT2D eigenvalue weighted by Gasteiger charge is 2.14. The smallest absolute Gasteiger partial charge is 0.358 e. The molecule has 29 heavy (non-hydrogen) atoms. The average molecular weight is 406 g/mol. The number of carbonyl (C=O) groups is 2. The Morgan fingerprint density at radius 1 is 0.793 bits per heavy atom. The molecule has 0 aliphatic rings. The number of nitrogens with one attached hydrogen (secondary N) is 2. The molecule has 2 aromatic heterocycles. The maximum Gasteiger partial charge on any atom is 0.358 e. The minimum Gasteiger partial charge on any atom is -0.458 e. The summed E-state index contributed by atoms with van der Waals surface area (Å²) in [6, 6.07) is 3.40. The summed E-state index contributed by atoms with van der Waals surface area (Å²) in [5.41, 5.74) is 2.31. The molecule has 0 fully saturated rings. The highest BCUT2D eigenvalue weighted by atomic mass is 16.6. The highest BCUT2D eigenvalue weighted by Crippen LogP contribution is 2.08. The number of carbonyl (C=O) groups excluding carboxylic acids is 2. The van der Waals surface area contributed by atoms with E-state index in [1.807, 2.05) is 0 Å². The molecule has 0 atom stereocenters. The van der Waals surface area contributed by atoms with E-state index >= 15 is 0 Å². The lowest BCUT2D eigenvalue weighted by molar-refractivity contribution is 0.0146. The standard InChI is InChI=1S/C20H30N4O5/c1-13(2)9-15-11-17(23-21-15)19(25)28-7-5-27-6-8-29-20(26)18-12-16(22-24-18)10-14(3)4/h11-14H,5-10H2,1-4H3,(H,21,23)(H,22,24). The normalized spacial score (nSPS) is 11.2. The van der Waals surface area contributed by atoms with Crippen molar-refractivity contribution in [3.05, 3.63) is 34.9 Å². The third kappa shape index (κ3) is 8.06. The van der Waals surface area contributed by atoms with Crippen LogP contribution in [0.1, 0.15) is 60.1 Å². The largest absolute Gasteiger partial charge is 0.458 e. The van der Waals surface area contributed by atoms with Crippen LogP contribution in [0, 0.1) is 11.8 Å². The van der Waals surface area contributed by atoms with Crippen LogP contribution in [0.5, 0.6) is 0 Å². The summed E-state index contributed by atoms with van der Waals surface area (Å²) in [4.78, 5) is 23.8. The first-order chi connectivity index (χ1) is 13.8. The van der Waals surface area contributed by atoms with Crippen molar-refractivity contribution in [3.8, 4) is 0 Å². The summed E-state index contributed by atoms with van der Waals surface area (Å²) >= 11 is 0. The van der Waals surface area contributed by atoms with E-state index in [0.717, 1.165) is 24.2 Å². The molecular formula is C20H30N4O5. The lowest BCUT2D eigenvalue weighted by atomic mass is 10.1. The summed E-state index contributed by atoms with van der Waals surface area (Å²) in [7, 11) is 0. The van der Waals surface area contributed by atoms with Gasteiger partial charge < -0.3 is 14.2 Å². The summed E-state index contributed by atoms with van der Waals surface area (Å²) in [5.74, 6) is -0.0575.